The molecular formula is C12H16FNO3. The summed E-state index contributed by atoms with van der Waals surface area (Å²) < 4.78 is 23.2. The molecule has 0 fully saturated rings. The van der Waals surface area contributed by atoms with E-state index in [2.05, 4.69) is 4.74 Å². The smallest absolute Gasteiger partial charge is 0.346 e. The van der Waals surface area contributed by atoms with Crippen molar-refractivity contribution in [3.05, 3.63) is 29.6 Å². The molecule has 4 nitrogen and oxygen atoms in total. The van der Waals surface area contributed by atoms with Crippen molar-refractivity contribution in [1.29, 1.82) is 0 Å². The van der Waals surface area contributed by atoms with Crippen molar-refractivity contribution in [2.75, 3.05) is 13.7 Å². The molecule has 0 bridgehead atoms. The fourth-order valence-corrected chi connectivity index (χ4v) is 1.37. The van der Waals surface area contributed by atoms with E-state index in [1.165, 1.54) is 26.2 Å². The Labute approximate surface area is 99.5 Å². The molecule has 0 aliphatic carbocycles. The van der Waals surface area contributed by atoms with Gasteiger partial charge in [-0.3, -0.25) is 0 Å². The molecule has 1 atom stereocenters. The van der Waals surface area contributed by atoms with Gasteiger partial charge in [0.05, 0.1) is 7.11 Å². The fraction of sp³-hybridized carbons (Fsp3) is 0.417. The lowest BCUT2D eigenvalue weighted by Crippen LogP contribution is -2.25. The van der Waals surface area contributed by atoms with E-state index in [0.717, 1.165) is 5.56 Å². The Hall–Kier alpha value is -1.62. The van der Waals surface area contributed by atoms with Crippen LogP contribution in [0.4, 0.5) is 4.39 Å². The van der Waals surface area contributed by atoms with Crippen molar-refractivity contribution in [3.8, 4) is 5.75 Å². The standard InChI is InChI=1S/C12H16FNO3/c1-8(12(15)16-2)17-11-4-3-9(5-6-14)7-10(11)13/h3-4,7-8H,5-6,14H2,1-2H3. The van der Waals surface area contributed by atoms with Gasteiger partial charge in [-0.25, -0.2) is 9.18 Å². The van der Waals surface area contributed by atoms with Crippen LogP contribution in [0.15, 0.2) is 18.2 Å². The van der Waals surface area contributed by atoms with Crippen LogP contribution in [0.1, 0.15) is 12.5 Å². The Balaban J connectivity index is 2.75. The molecule has 0 aromatic heterocycles. The molecule has 0 amide bonds. The van der Waals surface area contributed by atoms with Crippen molar-refractivity contribution in [2.24, 2.45) is 5.73 Å². The van der Waals surface area contributed by atoms with Crippen LogP contribution >= 0.6 is 0 Å². The third-order valence-corrected chi connectivity index (χ3v) is 2.27. The maximum Gasteiger partial charge on any atom is 0.346 e. The first kappa shape index (κ1) is 13.4. The molecule has 1 unspecified atom stereocenters. The monoisotopic (exact) mass is 241 g/mol. The first-order chi connectivity index (χ1) is 8.08. The zero-order valence-electron chi connectivity index (χ0n) is 9.90. The molecule has 0 saturated heterocycles. The van der Waals surface area contributed by atoms with Crippen LogP contribution in [0.2, 0.25) is 0 Å². The summed E-state index contributed by atoms with van der Waals surface area (Å²) >= 11 is 0. The van der Waals surface area contributed by atoms with Gasteiger partial charge in [0, 0.05) is 0 Å². The van der Waals surface area contributed by atoms with E-state index in [9.17, 15) is 9.18 Å². The maximum absolute atomic E-state index is 13.6. The number of hydrogen-bond acceptors (Lipinski definition) is 4. The van der Waals surface area contributed by atoms with E-state index < -0.39 is 17.9 Å². The van der Waals surface area contributed by atoms with Gasteiger partial charge >= 0.3 is 5.97 Å². The molecule has 2 N–H and O–H groups in total. The van der Waals surface area contributed by atoms with Crippen molar-refractivity contribution in [1.82, 2.24) is 0 Å². The van der Waals surface area contributed by atoms with Crippen LogP contribution < -0.4 is 10.5 Å². The topological polar surface area (TPSA) is 61.5 Å². The predicted octanol–water partition coefficient (Wildman–Crippen LogP) is 1.27. The third kappa shape index (κ3) is 3.71. The molecule has 94 valence electrons. The first-order valence-electron chi connectivity index (χ1n) is 5.31. The maximum atomic E-state index is 13.6. The molecule has 1 rings (SSSR count). The van der Waals surface area contributed by atoms with E-state index in [0.29, 0.717) is 13.0 Å². The second-order valence-corrected chi connectivity index (χ2v) is 3.59. The molecule has 0 heterocycles. The average Bonchev–Trinajstić information content (AvgIpc) is 2.31. The zero-order valence-corrected chi connectivity index (χ0v) is 9.90. The van der Waals surface area contributed by atoms with E-state index in [-0.39, 0.29) is 5.75 Å². The highest BCUT2D eigenvalue weighted by atomic mass is 19.1. The van der Waals surface area contributed by atoms with E-state index >= 15 is 0 Å². The molecule has 0 saturated carbocycles. The Morgan fingerprint density at radius 2 is 2.24 bits per heavy atom. The number of carbonyl (C=O) groups is 1. The highest BCUT2D eigenvalue weighted by Crippen LogP contribution is 2.20. The quantitative estimate of drug-likeness (QED) is 0.788. The highest BCUT2D eigenvalue weighted by Gasteiger charge is 2.16. The molecule has 0 aliphatic heterocycles. The SMILES string of the molecule is COC(=O)C(C)Oc1ccc(CCN)cc1F. The summed E-state index contributed by atoms with van der Waals surface area (Å²) in [6, 6.07) is 4.56. The first-order valence-corrected chi connectivity index (χ1v) is 5.31. The summed E-state index contributed by atoms with van der Waals surface area (Å²) in [5.41, 5.74) is 6.17. The molecule has 0 aliphatic rings. The Bertz CT molecular complexity index is 395. The second-order valence-electron chi connectivity index (χ2n) is 3.59. The molecule has 1 aromatic rings. The predicted molar refractivity (Wildman–Crippen MR) is 61.3 cm³/mol. The summed E-state index contributed by atoms with van der Waals surface area (Å²) in [5.74, 6) is -1.02. The van der Waals surface area contributed by atoms with Gasteiger partial charge in [0.25, 0.3) is 0 Å². The van der Waals surface area contributed by atoms with Gasteiger partial charge in [-0.15, -0.1) is 0 Å². The molecule has 5 heteroatoms. The third-order valence-electron chi connectivity index (χ3n) is 2.27. The minimum atomic E-state index is -0.838. The van der Waals surface area contributed by atoms with Crippen molar-refractivity contribution < 1.29 is 18.7 Å². The van der Waals surface area contributed by atoms with E-state index in [1.54, 1.807) is 6.07 Å². The number of benzene rings is 1. The van der Waals surface area contributed by atoms with Gasteiger partial charge in [-0.05, 0) is 37.6 Å². The Kier molecular flexibility index (Phi) is 4.90. The molecule has 0 spiro atoms. The van der Waals surface area contributed by atoms with Gasteiger partial charge in [0.1, 0.15) is 0 Å². The number of nitrogens with two attached hydrogens (primary N) is 1. The number of ether oxygens (including phenoxy) is 2. The largest absolute Gasteiger partial charge is 0.476 e. The van der Waals surface area contributed by atoms with Gasteiger partial charge in [0.2, 0.25) is 0 Å². The normalized spacial score (nSPS) is 12.0. The minimum Gasteiger partial charge on any atom is -0.476 e. The summed E-state index contributed by atoms with van der Waals surface area (Å²) in [6.45, 7) is 1.96. The van der Waals surface area contributed by atoms with Crippen molar-refractivity contribution in [2.45, 2.75) is 19.4 Å². The van der Waals surface area contributed by atoms with Crippen LogP contribution in [0.5, 0.6) is 5.75 Å². The number of halogens is 1. The van der Waals surface area contributed by atoms with Gasteiger partial charge < -0.3 is 15.2 Å². The second kappa shape index (κ2) is 6.20. The number of rotatable bonds is 5. The summed E-state index contributed by atoms with van der Waals surface area (Å²) in [7, 11) is 1.25. The zero-order chi connectivity index (χ0) is 12.8. The fourth-order valence-electron chi connectivity index (χ4n) is 1.37. The van der Waals surface area contributed by atoms with Crippen LogP contribution in [0, 0.1) is 5.82 Å². The Morgan fingerprint density at radius 1 is 1.53 bits per heavy atom. The highest BCUT2D eigenvalue weighted by molar-refractivity contribution is 5.74. The number of methoxy groups -OCH3 is 1. The minimum absolute atomic E-state index is 0.0312. The van der Waals surface area contributed by atoms with Crippen LogP contribution in [-0.2, 0) is 16.0 Å². The molecule has 1 aromatic carbocycles. The number of carbonyl (C=O) groups excluding carboxylic acids is 1. The summed E-state index contributed by atoms with van der Waals surface area (Å²) in [6.07, 6.45) is -0.237. The lowest BCUT2D eigenvalue weighted by Gasteiger charge is -2.13. The molecule has 17 heavy (non-hydrogen) atoms. The Morgan fingerprint density at radius 3 is 2.76 bits per heavy atom. The van der Waals surface area contributed by atoms with E-state index in [1.807, 2.05) is 0 Å². The van der Waals surface area contributed by atoms with Gasteiger partial charge in [-0.1, -0.05) is 6.07 Å². The van der Waals surface area contributed by atoms with Crippen molar-refractivity contribution >= 4 is 5.97 Å². The average molecular weight is 241 g/mol. The lowest BCUT2D eigenvalue weighted by atomic mass is 10.1. The van der Waals surface area contributed by atoms with E-state index in [4.69, 9.17) is 10.5 Å². The number of hydrogen-bond donors (Lipinski definition) is 1. The van der Waals surface area contributed by atoms with Crippen molar-refractivity contribution in [3.63, 3.8) is 0 Å². The summed E-state index contributed by atoms with van der Waals surface area (Å²) in [4.78, 5) is 11.1. The summed E-state index contributed by atoms with van der Waals surface area (Å²) in [5, 5.41) is 0. The molecular weight excluding hydrogens is 225 g/mol. The number of esters is 1. The molecule has 0 radical (unpaired) electrons. The van der Waals surface area contributed by atoms with Crippen LogP contribution in [0.25, 0.3) is 0 Å². The van der Waals surface area contributed by atoms with Gasteiger partial charge in [-0.2, -0.15) is 0 Å². The van der Waals surface area contributed by atoms with Crippen LogP contribution in [-0.4, -0.2) is 25.7 Å². The lowest BCUT2D eigenvalue weighted by molar-refractivity contribution is -0.148. The van der Waals surface area contributed by atoms with Gasteiger partial charge in [0.15, 0.2) is 17.7 Å². The van der Waals surface area contributed by atoms with Crippen LogP contribution in [0.3, 0.4) is 0 Å².